The molecular formula is C27H27F3N8O5. The van der Waals surface area contributed by atoms with Crippen LogP contribution in [0.1, 0.15) is 39.3 Å². The van der Waals surface area contributed by atoms with Gasteiger partial charge in [-0.3, -0.25) is 9.59 Å². The van der Waals surface area contributed by atoms with Crippen LogP contribution in [0.2, 0.25) is 0 Å². The molecule has 3 N–H and O–H groups in total. The monoisotopic (exact) mass is 600 g/mol. The fraction of sp³-hybridized carbons (Fsp3) is 0.333. The van der Waals surface area contributed by atoms with Gasteiger partial charge in [-0.15, -0.1) is 5.10 Å². The number of carbonyl (C=O) groups excluding carboxylic acids is 2. The summed E-state index contributed by atoms with van der Waals surface area (Å²) >= 11 is 0. The molecule has 0 bridgehead atoms. The normalized spacial score (nSPS) is 17.5. The van der Waals surface area contributed by atoms with Crippen molar-refractivity contribution in [2.75, 3.05) is 30.9 Å². The predicted molar refractivity (Wildman–Crippen MR) is 147 cm³/mol. The third kappa shape index (κ3) is 5.73. The SMILES string of the molecule is CNc1cc(N2CCc3c2cccc3-n2cc(C=O)cn2)nn2c(C(=O)N[C@@H]3CC[C@H]3OC)cnc12.O=C(O)C(F)(F)F. The fourth-order valence-electron chi connectivity index (χ4n) is 4.98. The molecule has 1 aliphatic carbocycles. The van der Waals surface area contributed by atoms with E-state index in [4.69, 9.17) is 19.7 Å². The number of methoxy groups -OCH3 is 1. The van der Waals surface area contributed by atoms with Gasteiger partial charge in [0.25, 0.3) is 5.91 Å². The fourth-order valence-corrected chi connectivity index (χ4v) is 4.98. The number of ether oxygens (including phenoxy) is 1. The summed E-state index contributed by atoms with van der Waals surface area (Å²) in [6, 6.07) is 7.94. The number of amides is 1. The van der Waals surface area contributed by atoms with Crippen LogP contribution in [-0.2, 0) is 16.0 Å². The number of alkyl halides is 3. The van der Waals surface area contributed by atoms with Gasteiger partial charge in [-0.2, -0.15) is 18.3 Å². The van der Waals surface area contributed by atoms with Crippen LogP contribution in [0.25, 0.3) is 11.3 Å². The van der Waals surface area contributed by atoms with Gasteiger partial charge in [-0.1, -0.05) is 6.07 Å². The Kier molecular flexibility index (Phi) is 8.04. The average molecular weight is 601 g/mol. The van der Waals surface area contributed by atoms with E-state index in [9.17, 15) is 22.8 Å². The zero-order valence-corrected chi connectivity index (χ0v) is 23.0. The molecular weight excluding hydrogens is 573 g/mol. The summed E-state index contributed by atoms with van der Waals surface area (Å²) in [7, 11) is 3.49. The molecule has 0 spiro atoms. The van der Waals surface area contributed by atoms with Crippen molar-refractivity contribution in [1.29, 1.82) is 0 Å². The van der Waals surface area contributed by atoms with E-state index in [2.05, 4.69) is 25.6 Å². The molecule has 1 aromatic carbocycles. The Morgan fingerprint density at radius 2 is 1.93 bits per heavy atom. The standard InChI is InChI=1S/C25H26N8O3.C2HF3O2/c1-26-18-10-23(30-33-21(12-27-24(18)33)25(35)29-17-6-7-22(17)36-2)31-9-8-16-19(31)4-3-5-20(16)32-13-15(14-34)11-28-32;3-2(4,5)1(6)7/h3-5,10-14,17,22,26H,6-9H2,1-2H3,(H,29,35);(H,6,7)/t17-,22-;/m1./s1. The number of rotatable bonds is 7. The Labute approximate surface area is 242 Å². The summed E-state index contributed by atoms with van der Waals surface area (Å²) in [5, 5.41) is 22.5. The maximum atomic E-state index is 13.1. The van der Waals surface area contributed by atoms with E-state index in [1.807, 2.05) is 31.3 Å². The van der Waals surface area contributed by atoms with Gasteiger partial charge in [0.05, 0.1) is 41.5 Å². The molecule has 0 radical (unpaired) electrons. The lowest BCUT2D eigenvalue weighted by Gasteiger charge is -2.35. The molecule has 13 nitrogen and oxygen atoms in total. The summed E-state index contributed by atoms with van der Waals surface area (Å²) in [4.78, 5) is 39.7. The van der Waals surface area contributed by atoms with Crippen LogP contribution >= 0.6 is 0 Å². The van der Waals surface area contributed by atoms with Crippen molar-refractivity contribution >= 4 is 41.0 Å². The highest BCUT2D eigenvalue weighted by Gasteiger charge is 2.38. The molecule has 4 aromatic rings. The summed E-state index contributed by atoms with van der Waals surface area (Å²) < 4.78 is 40.5. The third-order valence-electron chi connectivity index (χ3n) is 7.29. The molecule has 1 aliphatic heterocycles. The molecule has 2 aliphatic rings. The van der Waals surface area contributed by atoms with Crippen LogP contribution in [-0.4, -0.2) is 86.7 Å². The third-order valence-corrected chi connectivity index (χ3v) is 7.29. The number of fused-ring (bicyclic) bond motifs is 2. The Balaban J connectivity index is 0.000000472. The smallest absolute Gasteiger partial charge is 0.475 e. The number of carbonyl (C=O) groups is 3. The summed E-state index contributed by atoms with van der Waals surface area (Å²) in [6.45, 7) is 0.712. The van der Waals surface area contributed by atoms with Crippen molar-refractivity contribution in [3.05, 3.63) is 59.7 Å². The zero-order valence-electron chi connectivity index (χ0n) is 23.0. The minimum Gasteiger partial charge on any atom is -0.475 e. The van der Waals surface area contributed by atoms with E-state index in [1.54, 1.807) is 34.9 Å². The number of hydrogen-bond acceptors (Lipinski definition) is 9. The molecule has 226 valence electrons. The highest BCUT2D eigenvalue weighted by Crippen LogP contribution is 2.38. The highest BCUT2D eigenvalue weighted by atomic mass is 19.4. The largest absolute Gasteiger partial charge is 0.490 e. The first-order valence-corrected chi connectivity index (χ1v) is 13.2. The van der Waals surface area contributed by atoms with Crippen LogP contribution in [0, 0.1) is 0 Å². The van der Waals surface area contributed by atoms with Crippen molar-refractivity contribution < 1.29 is 37.4 Å². The van der Waals surface area contributed by atoms with Crippen LogP contribution in [0.3, 0.4) is 0 Å². The van der Waals surface area contributed by atoms with Crippen LogP contribution < -0.4 is 15.5 Å². The van der Waals surface area contributed by atoms with Gasteiger partial charge in [0.2, 0.25) is 0 Å². The number of carboxylic acids is 1. The molecule has 1 fully saturated rings. The number of anilines is 3. The lowest BCUT2D eigenvalue weighted by molar-refractivity contribution is -0.192. The van der Waals surface area contributed by atoms with Gasteiger partial charge in [-0.05, 0) is 31.4 Å². The van der Waals surface area contributed by atoms with Crippen molar-refractivity contribution in [2.24, 2.45) is 0 Å². The molecule has 16 heteroatoms. The van der Waals surface area contributed by atoms with Crippen molar-refractivity contribution in [3.63, 3.8) is 0 Å². The molecule has 0 unspecified atom stereocenters. The molecule has 3 aromatic heterocycles. The topological polar surface area (TPSA) is 156 Å². The van der Waals surface area contributed by atoms with Crippen molar-refractivity contribution in [1.82, 2.24) is 29.7 Å². The lowest BCUT2D eigenvalue weighted by atomic mass is 9.89. The number of carboxylic acid groups (broad SMARTS) is 1. The number of aliphatic carboxylic acids is 1. The molecule has 6 rings (SSSR count). The van der Waals surface area contributed by atoms with E-state index in [1.165, 1.54) is 0 Å². The van der Waals surface area contributed by atoms with Gasteiger partial charge in [0.1, 0.15) is 0 Å². The first-order chi connectivity index (χ1) is 20.5. The summed E-state index contributed by atoms with van der Waals surface area (Å²) in [6.07, 6.45) is 3.19. The quantitative estimate of drug-likeness (QED) is 0.270. The zero-order chi connectivity index (χ0) is 30.9. The van der Waals surface area contributed by atoms with E-state index in [0.29, 0.717) is 29.3 Å². The number of halogens is 3. The first kappa shape index (κ1) is 29.5. The molecule has 1 saturated carbocycles. The Morgan fingerprint density at radius 1 is 1.19 bits per heavy atom. The Morgan fingerprint density at radius 3 is 2.53 bits per heavy atom. The Hall–Kier alpha value is -4.99. The Bertz CT molecular complexity index is 1680. The first-order valence-electron chi connectivity index (χ1n) is 13.2. The number of nitrogens with one attached hydrogen (secondary N) is 2. The maximum Gasteiger partial charge on any atom is 0.490 e. The van der Waals surface area contributed by atoms with Gasteiger partial charge in [-0.25, -0.2) is 19.0 Å². The maximum absolute atomic E-state index is 13.1. The average Bonchev–Trinajstić information content (AvgIpc) is 3.72. The van der Waals surface area contributed by atoms with E-state index in [0.717, 1.165) is 48.2 Å². The minimum atomic E-state index is -5.08. The van der Waals surface area contributed by atoms with Crippen molar-refractivity contribution in [2.45, 2.75) is 37.6 Å². The summed E-state index contributed by atoms with van der Waals surface area (Å²) in [5.41, 5.74) is 5.29. The van der Waals surface area contributed by atoms with E-state index in [-0.39, 0.29) is 18.1 Å². The van der Waals surface area contributed by atoms with Crippen LogP contribution in [0.15, 0.2) is 42.9 Å². The predicted octanol–water partition coefficient (Wildman–Crippen LogP) is 3.00. The molecule has 43 heavy (non-hydrogen) atoms. The number of nitrogens with zero attached hydrogens (tertiary/aromatic N) is 6. The van der Waals surface area contributed by atoms with Gasteiger partial charge in [0, 0.05) is 44.2 Å². The number of aldehydes is 1. The number of benzene rings is 1. The summed E-state index contributed by atoms with van der Waals surface area (Å²) in [5.74, 6) is -2.29. The second-order valence-corrected chi connectivity index (χ2v) is 9.79. The molecule has 1 amide bonds. The van der Waals surface area contributed by atoms with Crippen molar-refractivity contribution in [3.8, 4) is 5.69 Å². The van der Waals surface area contributed by atoms with Crippen LogP contribution in [0.4, 0.5) is 30.4 Å². The van der Waals surface area contributed by atoms with Crippen LogP contribution in [0.5, 0.6) is 0 Å². The molecule has 0 saturated heterocycles. The molecule has 2 atom stereocenters. The number of hydrogen-bond donors (Lipinski definition) is 3. The minimum absolute atomic E-state index is 0.00842. The second kappa shape index (κ2) is 11.7. The number of imidazole rings is 1. The highest BCUT2D eigenvalue weighted by molar-refractivity contribution is 5.94. The molecule has 4 heterocycles. The van der Waals surface area contributed by atoms with Gasteiger partial charge in [0.15, 0.2) is 23.4 Å². The van der Waals surface area contributed by atoms with Gasteiger partial charge < -0.3 is 25.4 Å². The second-order valence-electron chi connectivity index (χ2n) is 9.79. The van der Waals surface area contributed by atoms with Gasteiger partial charge >= 0.3 is 12.1 Å². The van der Waals surface area contributed by atoms with E-state index < -0.39 is 12.1 Å². The van der Waals surface area contributed by atoms with E-state index >= 15 is 0 Å². The lowest BCUT2D eigenvalue weighted by Crippen LogP contribution is -2.51. The number of aromatic nitrogens is 5.